The normalized spacial score (nSPS) is 13.4. The van der Waals surface area contributed by atoms with Crippen LogP contribution in [0.1, 0.15) is 30.1 Å². The lowest BCUT2D eigenvalue weighted by Gasteiger charge is -2.15. The van der Waals surface area contributed by atoms with Gasteiger partial charge < -0.3 is 4.42 Å². The Hall–Kier alpha value is -2.38. The van der Waals surface area contributed by atoms with Crippen LogP contribution in [0.3, 0.4) is 0 Å². The Morgan fingerprint density at radius 1 is 0.966 bits per heavy atom. The molecule has 0 aliphatic heterocycles. The maximum absolute atomic E-state index is 5.91. The fourth-order valence-electron chi connectivity index (χ4n) is 3.64. The zero-order valence-corrected chi connectivity index (χ0v) is 18.1. The minimum atomic E-state index is 0.527. The third-order valence-electron chi connectivity index (χ3n) is 5.01. The number of nitrogens with zero attached hydrogens (tertiary/aromatic N) is 4. The molecule has 1 aliphatic carbocycles. The number of thioether (sulfide) groups is 1. The van der Waals surface area contributed by atoms with Crippen molar-refractivity contribution in [1.29, 1.82) is 0 Å². The summed E-state index contributed by atoms with van der Waals surface area (Å²) in [6.45, 7) is 0. The van der Waals surface area contributed by atoms with Gasteiger partial charge in [-0.05, 0) is 65.9 Å². The van der Waals surface area contributed by atoms with Crippen molar-refractivity contribution in [3.8, 4) is 17.1 Å². The summed E-state index contributed by atoms with van der Waals surface area (Å²) in [5.41, 5.74) is 4.62. The van der Waals surface area contributed by atoms with Crippen molar-refractivity contribution in [2.75, 3.05) is 0 Å². The molecular weight excluding hydrogens is 448 g/mol. The summed E-state index contributed by atoms with van der Waals surface area (Å²) >= 11 is 5.18. The van der Waals surface area contributed by atoms with E-state index in [9.17, 15) is 0 Å². The van der Waals surface area contributed by atoms with Crippen molar-refractivity contribution in [3.63, 3.8) is 0 Å². The molecule has 0 N–H and O–H groups in total. The highest BCUT2D eigenvalue weighted by atomic mass is 79.9. The number of aromatic nitrogens is 4. The van der Waals surface area contributed by atoms with Crippen LogP contribution >= 0.6 is 27.7 Å². The molecule has 0 unspecified atom stereocenters. The molecule has 0 fully saturated rings. The molecule has 2 aromatic carbocycles. The van der Waals surface area contributed by atoms with Crippen LogP contribution in [0.5, 0.6) is 0 Å². The first-order valence-electron chi connectivity index (χ1n) is 9.65. The summed E-state index contributed by atoms with van der Waals surface area (Å²) < 4.78 is 9.15. The van der Waals surface area contributed by atoms with Crippen LogP contribution in [-0.2, 0) is 18.6 Å². The van der Waals surface area contributed by atoms with E-state index in [1.165, 1.54) is 24.2 Å². The molecule has 0 saturated carbocycles. The number of rotatable bonds is 5. The minimum Gasteiger partial charge on any atom is -0.420 e. The lowest BCUT2D eigenvalue weighted by Crippen LogP contribution is -2.07. The van der Waals surface area contributed by atoms with Gasteiger partial charge in [0.25, 0.3) is 0 Å². The largest absolute Gasteiger partial charge is 0.420 e. The Balaban J connectivity index is 1.42. The molecule has 146 valence electrons. The van der Waals surface area contributed by atoms with Gasteiger partial charge in [0.2, 0.25) is 11.8 Å². The van der Waals surface area contributed by atoms with Crippen LogP contribution in [-0.4, -0.2) is 19.7 Å². The SMILES string of the molecule is Brc1ccccc1-c1nnc(CSc2nc3c(n2-c2ccccc2)CCCC3)o1. The van der Waals surface area contributed by atoms with E-state index >= 15 is 0 Å². The summed E-state index contributed by atoms with van der Waals surface area (Å²) in [5.74, 6) is 1.71. The molecule has 1 aliphatic rings. The van der Waals surface area contributed by atoms with Crippen LogP contribution in [0.15, 0.2) is 68.6 Å². The Morgan fingerprint density at radius 2 is 1.76 bits per heavy atom. The Morgan fingerprint density at radius 3 is 2.62 bits per heavy atom. The third kappa shape index (κ3) is 3.76. The monoisotopic (exact) mass is 466 g/mol. The van der Waals surface area contributed by atoms with E-state index < -0.39 is 0 Å². The summed E-state index contributed by atoms with van der Waals surface area (Å²) in [7, 11) is 0. The maximum Gasteiger partial charge on any atom is 0.248 e. The second-order valence-corrected chi connectivity index (χ2v) is 8.73. The number of hydrogen-bond donors (Lipinski definition) is 0. The molecule has 5 rings (SSSR count). The molecule has 0 radical (unpaired) electrons. The quantitative estimate of drug-likeness (QED) is 0.345. The van der Waals surface area contributed by atoms with Gasteiger partial charge in [-0.15, -0.1) is 10.2 Å². The lowest BCUT2D eigenvalue weighted by molar-refractivity contribution is 0.528. The number of benzene rings is 2. The Kier molecular flexibility index (Phi) is 5.24. The van der Waals surface area contributed by atoms with Gasteiger partial charge in [0, 0.05) is 15.9 Å². The fourth-order valence-corrected chi connectivity index (χ4v) is 4.98. The van der Waals surface area contributed by atoms with Gasteiger partial charge in [-0.3, -0.25) is 4.57 Å². The van der Waals surface area contributed by atoms with E-state index in [2.05, 4.69) is 55.0 Å². The average molecular weight is 467 g/mol. The molecule has 2 aromatic heterocycles. The number of imidazole rings is 1. The molecule has 5 nitrogen and oxygen atoms in total. The fraction of sp³-hybridized carbons (Fsp3) is 0.227. The van der Waals surface area contributed by atoms with Gasteiger partial charge in [-0.25, -0.2) is 4.98 Å². The topological polar surface area (TPSA) is 56.7 Å². The first kappa shape index (κ1) is 18.6. The Bertz CT molecular complexity index is 1140. The summed E-state index contributed by atoms with van der Waals surface area (Å²) in [5, 5.41) is 9.45. The summed E-state index contributed by atoms with van der Waals surface area (Å²) in [4.78, 5) is 4.95. The van der Waals surface area contributed by atoms with Gasteiger partial charge in [0.1, 0.15) is 0 Å². The molecule has 4 aromatic rings. The number of para-hydroxylation sites is 1. The molecule has 29 heavy (non-hydrogen) atoms. The highest BCUT2D eigenvalue weighted by Gasteiger charge is 2.22. The molecule has 0 spiro atoms. The van der Waals surface area contributed by atoms with Crippen molar-refractivity contribution < 1.29 is 4.42 Å². The highest BCUT2D eigenvalue weighted by molar-refractivity contribution is 9.10. The lowest BCUT2D eigenvalue weighted by atomic mass is 10.0. The molecule has 0 atom stereocenters. The van der Waals surface area contributed by atoms with Crippen molar-refractivity contribution in [1.82, 2.24) is 19.7 Å². The number of hydrogen-bond acceptors (Lipinski definition) is 5. The molecule has 2 heterocycles. The highest BCUT2D eigenvalue weighted by Crippen LogP contribution is 2.33. The predicted octanol–water partition coefficient (Wildman–Crippen LogP) is 5.86. The van der Waals surface area contributed by atoms with Crippen molar-refractivity contribution in [2.45, 2.75) is 36.6 Å². The first-order chi connectivity index (χ1) is 14.3. The van der Waals surface area contributed by atoms with Crippen LogP contribution in [0.25, 0.3) is 17.1 Å². The zero-order chi connectivity index (χ0) is 19.6. The van der Waals surface area contributed by atoms with Crippen molar-refractivity contribution >= 4 is 27.7 Å². The zero-order valence-electron chi connectivity index (χ0n) is 15.7. The number of aryl methyl sites for hydroxylation is 1. The van der Waals surface area contributed by atoms with E-state index in [1.54, 1.807) is 11.8 Å². The second-order valence-electron chi connectivity index (χ2n) is 6.94. The van der Waals surface area contributed by atoms with Crippen molar-refractivity contribution in [2.24, 2.45) is 0 Å². The van der Waals surface area contributed by atoms with Gasteiger partial charge in [-0.1, -0.05) is 42.1 Å². The van der Waals surface area contributed by atoms with Crippen LogP contribution in [0.4, 0.5) is 0 Å². The van der Waals surface area contributed by atoms with Crippen molar-refractivity contribution in [3.05, 3.63) is 76.3 Å². The first-order valence-corrected chi connectivity index (χ1v) is 11.4. The van der Waals surface area contributed by atoms with Gasteiger partial charge in [0.05, 0.1) is 17.0 Å². The smallest absolute Gasteiger partial charge is 0.248 e. The Labute approximate surface area is 181 Å². The average Bonchev–Trinajstić information content (AvgIpc) is 3.37. The van der Waals surface area contributed by atoms with E-state index in [0.717, 1.165) is 33.7 Å². The minimum absolute atomic E-state index is 0.527. The van der Waals surface area contributed by atoms with E-state index in [-0.39, 0.29) is 0 Å². The van der Waals surface area contributed by atoms with E-state index in [0.29, 0.717) is 17.5 Å². The molecule has 0 amide bonds. The van der Waals surface area contributed by atoms with Crippen LogP contribution in [0.2, 0.25) is 0 Å². The second kappa shape index (κ2) is 8.16. The predicted molar refractivity (Wildman–Crippen MR) is 117 cm³/mol. The standard InChI is InChI=1S/C22H19BrN4OS/c23-17-11-5-4-10-16(17)21-26-25-20(28-21)14-29-22-24-18-12-6-7-13-19(18)27(22)15-8-2-1-3-9-15/h1-5,8-11H,6-7,12-14H2. The van der Waals surface area contributed by atoms with Gasteiger partial charge >= 0.3 is 0 Å². The summed E-state index contributed by atoms with van der Waals surface area (Å²) in [6, 6.07) is 18.3. The molecular formula is C22H19BrN4OS. The maximum atomic E-state index is 5.91. The van der Waals surface area contributed by atoms with Crippen LogP contribution < -0.4 is 0 Å². The number of halogens is 1. The number of fused-ring (bicyclic) bond motifs is 1. The molecule has 0 saturated heterocycles. The van der Waals surface area contributed by atoms with Crippen LogP contribution in [0, 0.1) is 0 Å². The molecule has 7 heteroatoms. The van der Waals surface area contributed by atoms with E-state index in [1.807, 2.05) is 30.3 Å². The van der Waals surface area contributed by atoms with Gasteiger partial charge in [0.15, 0.2) is 5.16 Å². The summed E-state index contributed by atoms with van der Waals surface area (Å²) in [6.07, 6.45) is 4.55. The van der Waals surface area contributed by atoms with E-state index in [4.69, 9.17) is 9.40 Å². The third-order valence-corrected chi connectivity index (χ3v) is 6.63. The molecule has 0 bridgehead atoms. The van der Waals surface area contributed by atoms with Gasteiger partial charge in [-0.2, -0.15) is 0 Å².